The highest BCUT2D eigenvalue weighted by Crippen LogP contribution is 2.50. The van der Waals surface area contributed by atoms with Gasteiger partial charge < -0.3 is 0 Å². The average Bonchev–Trinajstić information content (AvgIpc) is 3.95. The summed E-state index contributed by atoms with van der Waals surface area (Å²) in [5.41, 5.74) is 18.3. The molecule has 13 rings (SSSR count). The number of hydrogen-bond donors (Lipinski definition) is 0. The first-order chi connectivity index (χ1) is 30.0. The zero-order valence-electron chi connectivity index (χ0n) is 33.8. The molecule has 286 valence electrons. The lowest BCUT2D eigenvalue weighted by atomic mass is 9.81. The Balaban J connectivity index is 0.879. The minimum absolute atomic E-state index is 0.0198. The van der Waals surface area contributed by atoms with Gasteiger partial charge in [-0.15, -0.1) is 11.3 Å². The van der Waals surface area contributed by atoms with Gasteiger partial charge in [0, 0.05) is 20.9 Å². The summed E-state index contributed by atoms with van der Waals surface area (Å²) in [6.07, 6.45) is 0. The summed E-state index contributed by atoms with van der Waals surface area (Å²) < 4.78 is 4.87. The standard InChI is InChI=1S/C58H38N2S/c1-58(2)50-16-8-7-15-46(50)47-28-27-41(32-51(47)58)35-19-21-36(22-20-35)42-29-30-43(45-14-6-5-13-44(42)45)37-23-25-38(26-24-37)54-34-49-48-31-39-11-3-4-12-40(39)33-55(48)61-56(49)57-59-52-17-9-10-18-53(52)60(54)57/h3-34H,1-2H3. The van der Waals surface area contributed by atoms with Crippen molar-refractivity contribution in [3.05, 3.63) is 205 Å². The molecule has 61 heavy (non-hydrogen) atoms. The van der Waals surface area contributed by atoms with Gasteiger partial charge in [-0.25, -0.2) is 4.98 Å². The fourth-order valence-corrected chi connectivity index (χ4v) is 11.5. The second-order valence-electron chi connectivity index (χ2n) is 17.1. The van der Waals surface area contributed by atoms with Crippen molar-refractivity contribution in [3.8, 4) is 55.8 Å². The van der Waals surface area contributed by atoms with Gasteiger partial charge in [-0.2, -0.15) is 0 Å². The number of imidazole rings is 1. The summed E-state index contributed by atoms with van der Waals surface area (Å²) in [7, 11) is 0. The van der Waals surface area contributed by atoms with Crippen molar-refractivity contribution in [3.63, 3.8) is 0 Å². The lowest BCUT2D eigenvalue weighted by molar-refractivity contribution is 0.660. The van der Waals surface area contributed by atoms with Crippen LogP contribution < -0.4 is 0 Å². The zero-order valence-corrected chi connectivity index (χ0v) is 34.6. The Morgan fingerprint density at radius 3 is 1.75 bits per heavy atom. The number of pyridine rings is 1. The number of thiophene rings is 1. The molecule has 1 aliphatic carbocycles. The van der Waals surface area contributed by atoms with Gasteiger partial charge in [0.05, 0.1) is 21.4 Å². The smallest absolute Gasteiger partial charge is 0.156 e. The summed E-state index contributed by atoms with van der Waals surface area (Å²) in [6, 6.07) is 71.8. The molecule has 0 saturated carbocycles. The highest BCUT2D eigenvalue weighted by atomic mass is 32.1. The Bertz CT molecular complexity index is 3770. The van der Waals surface area contributed by atoms with Crippen molar-refractivity contribution >= 4 is 69.7 Å². The normalized spacial score (nSPS) is 13.2. The quantitative estimate of drug-likeness (QED) is 0.173. The van der Waals surface area contributed by atoms with Gasteiger partial charge in [-0.05, 0) is 119 Å². The van der Waals surface area contributed by atoms with Crippen molar-refractivity contribution in [1.82, 2.24) is 9.38 Å². The highest BCUT2D eigenvalue weighted by Gasteiger charge is 2.35. The molecule has 0 saturated heterocycles. The molecule has 0 bridgehead atoms. The summed E-state index contributed by atoms with van der Waals surface area (Å²) in [5.74, 6) is 0. The minimum Gasteiger partial charge on any atom is -0.291 e. The number of fused-ring (bicyclic) bond motifs is 12. The van der Waals surface area contributed by atoms with Gasteiger partial charge >= 0.3 is 0 Å². The molecule has 9 aromatic carbocycles. The van der Waals surface area contributed by atoms with Gasteiger partial charge in [0.15, 0.2) is 5.65 Å². The Hall–Kier alpha value is -7.33. The largest absolute Gasteiger partial charge is 0.291 e. The van der Waals surface area contributed by atoms with E-state index in [2.05, 4.69) is 212 Å². The van der Waals surface area contributed by atoms with Crippen molar-refractivity contribution in [2.24, 2.45) is 0 Å². The van der Waals surface area contributed by atoms with Crippen molar-refractivity contribution in [2.75, 3.05) is 0 Å². The third kappa shape index (κ3) is 5.11. The van der Waals surface area contributed by atoms with Crippen LogP contribution in [0.1, 0.15) is 25.0 Å². The predicted octanol–water partition coefficient (Wildman–Crippen LogP) is 16.1. The third-order valence-electron chi connectivity index (χ3n) is 13.4. The van der Waals surface area contributed by atoms with E-state index in [0.29, 0.717) is 0 Å². The van der Waals surface area contributed by atoms with Gasteiger partial charge in [0.2, 0.25) is 0 Å². The Morgan fingerprint density at radius 1 is 0.426 bits per heavy atom. The van der Waals surface area contributed by atoms with Crippen molar-refractivity contribution < 1.29 is 0 Å². The second-order valence-corrected chi connectivity index (χ2v) is 18.2. The molecule has 0 spiro atoms. The van der Waals surface area contributed by atoms with E-state index < -0.39 is 0 Å². The molecule has 0 aliphatic heterocycles. The number of hydrogen-bond acceptors (Lipinski definition) is 2. The molecule has 3 heteroatoms. The summed E-state index contributed by atoms with van der Waals surface area (Å²) in [6.45, 7) is 4.70. The second kappa shape index (κ2) is 12.8. The van der Waals surface area contributed by atoms with Crippen LogP contribution in [0.15, 0.2) is 194 Å². The minimum atomic E-state index is -0.0198. The van der Waals surface area contributed by atoms with Gasteiger partial charge in [-0.3, -0.25) is 4.40 Å². The number of aromatic nitrogens is 2. The van der Waals surface area contributed by atoms with Crippen molar-refractivity contribution in [2.45, 2.75) is 19.3 Å². The van der Waals surface area contributed by atoms with Crippen molar-refractivity contribution in [1.29, 1.82) is 0 Å². The van der Waals surface area contributed by atoms with Crippen LogP contribution >= 0.6 is 11.3 Å². The predicted molar refractivity (Wildman–Crippen MR) is 260 cm³/mol. The fraction of sp³-hybridized carbons (Fsp3) is 0.0517. The molecule has 1 aliphatic rings. The highest BCUT2D eigenvalue weighted by molar-refractivity contribution is 7.26. The number of nitrogens with zero attached hydrogens (tertiary/aromatic N) is 2. The number of para-hydroxylation sites is 2. The molecule has 0 N–H and O–H groups in total. The van der Waals surface area contributed by atoms with Crippen LogP contribution in [0.5, 0.6) is 0 Å². The van der Waals surface area contributed by atoms with Crippen LogP contribution in [0.2, 0.25) is 0 Å². The molecule has 0 atom stereocenters. The first-order valence-electron chi connectivity index (χ1n) is 21.1. The Morgan fingerprint density at radius 2 is 1.00 bits per heavy atom. The fourth-order valence-electron chi connectivity index (χ4n) is 10.3. The van der Waals surface area contributed by atoms with E-state index in [1.165, 1.54) is 97.4 Å². The van der Waals surface area contributed by atoms with Gasteiger partial charge in [-0.1, -0.05) is 172 Å². The van der Waals surface area contributed by atoms with Crippen LogP contribution in [-0.2, 0) is 5.41 Å². The van der Waals surface area contributed by atoms with Crippen LogP contribution in [0.4, 0.5) is 0 Å². The van der Waals surface area contributed by atoms with E-state index in [0.717, 1.165) is 27.9 Å². The molecule has 0 fully saturated rings. The summed E-state index contributed by atoms with van der Waals surface area (Å²) >= 11 is 1.84. The van der Waals surface area contributed by atoms with E-state index in [4.69, 9.17) is 4.98 Å². The first kappa shape index (κ1) is 34.5. The number of benzene rings is 9. The van der Waals surface area contributed by atoms with E-state index in [1.54, 1.807) is 0 Å². The topological polar surface area (TPSA) is 17.3 Å². The van der Waals surface area contributed by atoms with Crippen LogP contribution in [-0.4, -0.2) is 9.38 Å². The maximum Gasteiger partial charge on any atom is 0.156 e. The molecule has 0 radical (unpaired) electrons. The molecular formula is C58H38N2S. The van der Waals surface area contributed by atoms with E-state index in [-0.39, 0.29) is 5.41 Å². The Labute approximate surface area is 357 Å². The lowest BCUT2D eigenvalue weighted by Gasteiger charge is -2.22. The molecule has 12 aromatic rings. The van der Waals surface area contributed by atoms with E-state index in [9.17, 15) is 0 Å². The van der Waals surface area contributed by atoms with Crippen LogP contribution in [0.3, 0.4) is 0 Å². The maximum atomic E-state index is 5.24. The molecule has 0 amide bonds. The summed E-state index contributed by atoms with van der Waals surface area (Å²) in [4.78, 5) is 5.24. The Kier molecular flexibility index (Phi) is 7.26. The van der Waals surface area contributed by atoms with Crippen LogP contribution in [0.25, 0.3) is 114 Å². The van der Waals surface area contributed by atoms with Gasteiger partial charge in [0.25, 0.3) is 0 Å². The first-order valence-corrected chi connectivity index (χ1v) is 21.9. The van der Waals surface area contributed by atoms with Gasteiger partial charge in [0.1, 0.15) is 0 Å². The molecule has 3 heterocycles. The molecule has 3 aromatic heterocycles. The average molecular weight is 795 g/mol. The lowest BCUT2D eigenvalue weighted by Crippen LogP contribution is -2.14. The van der Waals surface area contributed by atoms with E-state index in [1.807, 2.05) is 11.3 Å². The summed E-state index contributed by atoms with van der Waals surface area (Å²) in [5, 5.41) is 7.56. The number of rotatable bonds is 4. The molecule has 0 unspecified atom stereocenters. The van der Waals surface area contributed by atoms with Crippen LogP contribution in [0, 0.1) is 0 Å². The maximum absolute atomic E-state index is 5.24. The third-order valence-corrected chi connectivity index (χ3v) is 14.6. The monoisotopic (exact) mass is 794 g/mol. The zero-order chi connectivity index (χ0) is 40.4. The van der Waals surface area contributed by atoms with E-state index >= 15 is 0 Å². The molecular weight excluding hydrogens is 757 g/mol. The molecule has 2 nitrogen and oxygen atoms in total. The SMILES string of the molecule is CC1(C)c2ccccc2-c2ccc(-c3ccc(-c4ccc(-c5ccc(-c6cc7c8cc9ccccc9cc8sc7c7nc8ccccc8n67)cc5)c5ccccc45)cc3)cc21.